The molecule has 35 heavy (non-hydrogen) atoms. The molecule has 0 bridgehead atoms. The zero-order chi connectivity index (χ0) is 24.6. The Morgan fingerprint density at radius 3 is 1.89 bits per heavy atom. The minimum absolute atomic E-state index is 0.180. The molecule has 0 aliphatic heterocycles. The van der Waals surface area contributed by atoms with Crippen molar-refractivity contribution in [3.05, 3.63) is 136 Å². The predicted octanol–water partition coefficient (Wildman–Crippen LogP) is 5.92. The van der Waals surface area contributed by atoms with Crippen molar-refractivity contribution in [2.75, 3.05) is 0 Å². The summed E-state index contributed by atoms with van der Waals surface area (Å²) >= 11 is 0. The van der Waals surface area contributed by atoms with Crippen molar-refractivity contribution in [3.63, 3.8) is 0 Å². The summed E-state index contributed by atoms with van der Waals surface area (Å²) in [5.41, 5.74) is 2.03. The Morgan fingerprint density at radius 2 is 1.37 bits per heavy atom. The predicted molar refractivity (Wildman–Crippen MR) is 133 cm³/mol. The fourth-order valence-electron chi connectivity index (χ4n) is 3.65. The monoisotopic (exact) mass is 466 g/mol. The molecule has 174 valence electrons. The number of rotatable bonds is 9. The van der Waals surface area contributed by atoms with E-state index in [1.165, 1.54) is 18.2 Å². The highest BCUT2D eigenvalue weighted by atomic mass is 16.6. The van der Waals surface area contributed by atoms with Gasteiger partial charge in [0.05, 0.1) is 10.6 Å². The zero-order valence-electron chi connectivity index (χ0n) is 18.7. The summed E-state index contributed by atoms with van der Waals surface area (Å²) in [6.45, 7) is 0. The fourth-order valence-corrected chi connectivity index (χ4v) is 3.65. The van der Waals surface area contributed by atoms with Gasteiger partial charge in [-0.3, -0.25) is 15.1 Å². The van der Waals surface area contributed by atoms with Gasteiger partial charge in [0, 0.05) is 29.2 Å². The first kappa shape index (κ1) is 23.4. The first-order valence-corrected chi connectivity index (χ1v) is 10.9. The Morgan fingerprint density at radius 1 is 0.829 bits per heavy atom. The van der Waals surface area contributed by atoms with Gasteiger partial charge < -0.3 is 9.84 Å². The number of aliphatic carboxylic acids is 1. The van der Waals surface area contributed by atoms with Crippen LogP contribution in [0, 0.1) is 10.1 Å². The molecule has 0 fully saturated rings. The van der Waals surface area contributed by atoms with E-state index in [9.17, 15) is 20.0 Å². The van der Waals surface area contributed by atoms with E-state index < -0.39 is 16.9 Å². The van der Waals surface area contributed by atoms with E-state index in [0.29, 0.717) is 17.2 Å². The summed E-state index contributed by atoms with van der Waals surface area (Å²) in [7, 11) is 0. The van der Waals surface area contributed by atoms with Crippen LogP contribution in [0.2, 0.25) is 0 Å². The van der Waals surface area contributed by atoms with Crippen LogP contribution in [0.1, 0.15) is 16.7 Å². The molecule has 7 heteroatoms. The van der Waals surface area contributed by atoms with Crippen molar-refractivity contribution in [1.82, 2.24) is 0 Å². The molecule has 0 spiro atoms. The van der Waals surface area contributed by atoms with Gasteiger partial charge in [-0.2, -0.15) is 0 Å². The third-order valence-electron chi connectivity index (χ3n) is 5.30. The van der Waals surface area contributed by atoms with E-state index in [4.69, 9.17) is 4.74 Å². The van der Waals surface area contributed by atoms with Gasteiger partial charge in [0.25, 0.3) is 5.69 Å². The van der Waals surface area contributed by atoms with Crippen molar-refractivity contribution in [1.29, 1.82) is 0 Å². The smallest absolute Gasteiger partial charge is 0.328 e. The number of nitrogens with zero attached hydrogens (tertiary/aromatic N) is 2. The second-order valence-corrected chi connectivity index (χ2v) is 7.73. The van der Waals surface area contributed by atoms with Gasteiger partial charge in [-0.25, -0.2) is 4.79 Å². The molecule has 0 amide bonds. The Hall–Kier alpha value is -4.78. The van der Waals surface area contributed by atoms with Crippen LogP contribution in [-0.4, -0.2) is 27.8 Å². The van der Waals surface area contributed by atoms with E-state index in [2.05, 4.69) is 4.99 Å². The van der Waals surface area contributed by atoms with Crippen LogP contribution in [0.4, 0.5) is 5.69 Å². The first-order chi connectivity index (χ1) is 17.0. The average molecular weight is 466 g/mol. The molecule has 1 atom stereocenters. The number of ether oxygens (including phenoxy) is 1. The van der Waals surface area contributed by atoms with Crippen LogP contribution in [0.15, 0.2) is 114 Å². The second kappa shape index (κ2) is 10.9. The van der Waals surface area contributed by atoms with Gasteiger partial charge in [0.1, 0.15) is 11.5 Å². The molecule has 0 aliphatic carbocycles. The largest absolute Gasteiger partial charge is 0.480 e. The van der Waals surface area contributed by atoms with Crippen molar-refractivity contribution < 1.29 is 19.6 Å². The number of nitro benzene ring substituents is 1. The molecule has 0 saturated carbocycles. The maximum Gasteiger partial charge on any atom is 0.328 e. The number of carbonyl (C=O) groups is 1. The molecule has 0 unspecified atom stereocenters. The normalized spacial score (nSPS) is 11.3. The molecule has 0 aliphatic rings. The lowest BCUT2D eigenvalue weighted by Gasteiger charge is -2.14. The summed E-state index contributed by atoms with van der Waals surface area (Å²) in [5.74, 6) is -0.246. The third kappa shape index (κ3) is 5.97. The number of carboxylic acid groups (broad SMARTS) is 1. The highest BCUT2D eigenvalue weighted by Crippen LogP contribution is 2.29. The Bertz CT molecular complexity index is 1300. The van der Waals surface area contributed by atoms with Gasteiger partial charge >= 0.3 is 5.97 Å². The second-order valence-electron chi connectivity index (χ2n) is 7.73. The summed E-state index contributed by atoms with van der Waals surface area (Å²) in [6.07, 6.45) is -0.180. The average Bonchev–Trinajstić information content (AvgIpc) is 2.88. The molecule has 4 aromatic carbocycles. The van der Waals surface area contributed by atoms with E-state index >= 15 is 0 Å². The summed E-state index contributed by atoms with van der Waals surface area (Å²) in [6, 6.07) is 30.6. The molecule has 1 N–H and O–H groups in total. The van der Waals surface area contributed by atoms with Gasteiger partial charge in [-0.05, 0) is 24.3 Å². The lowest BCUT2D eigenvalue weighted by molar-refractivity contribution is -0.385. The molecule has 0 heterocycles. The van der Waals surface area contributed by atoms with Crippen LogP contribution in [0.25, 0.3) is 0 Å². The first-order valence-electron chi connectivity index (χ1n) is 10.9. The number of carboxylic acids is 1. The van der Waals surface area contributed by atoms with E-state index in [-0.39, 0.29) is 17.7 Å². The summed E-state index contributed by atoms with van der Waals surface area (Å²) < 4.78 is 5.81. The fraction of sp³-hybridized carbons (Fsp3) is 0.0714. The number of benzene rings is 4. The minimum Gasteiger partial charge on any atom is -0.480 e. The van der Waals surface area contributed by atoms with Crippen molar-refractivity contribution in [2.24, 2.45) is 4.99 Å². The summed E-state index contributed by atoms with van der Waals surface area (Å²) in [5, 5.41) is 21.7. The lowest BCUT2D eigenvalue weighted by atomic mass is 10.00. The van der Waals surface area contributed by atoms with Crippen LogP contribution in [0.5, 0.6) is 11.5 Å². The van der Waals surface area contributed by atoms with Crippen molar-refractivity contribution >= 4 is 17.4 Å². The highest BCUT2D eigenvalue weighted by molar-refractivity contribution is 6.13. The number of hydrogen-bond acceptors (Lipinski definition) is 5. The number of para-hydroxylation sites is 1. The number of hydrogen-bond donors (Lipinski definition) is 1. The Labute approximate surface area is 202 Å². The van der Waals surface area contributed by atoms with Gasteiger partial charge in [0.15, 0.2) is 6.04 Å². The molecule has 0 radical (unpaired) electrons. The highest BCUT2D eigenvalue weighted by Gasteiger charge is 2.24. The molecule has 4 rings (SSSR count). The Kier molecular flexibility index (Phi) is 7.28. The molecule has 0 aromatic heterocycles. The van der Waals surface area contributed by atoms with E-state index in [0.717, 1.165) is 11.1 Å². The van der Waals surface area contributed by atoms with Crippen LogP contribution >= 0.6 is 0 Å². The molecular formula is C28H22N2O5. The standard InChI is InChI=1S/C28H22N2O5/c31-28(32)25(29-27(20-10-4-1-5-11-20)21-12-6-2-7-13-21)19-22-18-24(16-17-26(22)30(33)34)35-23-14-8-3-9-15-23/h1-18,25H,19H2,(H,31,32)/t25-/m0/s1. The van der Waals surface area contributed by atoms with Crippen LogP contribution in [-0.2, 0) is 11.2 Å². The van der Waals surface area contributed by atoms with Crippen LogP contribution in [0.3, 0.4) is 0 Å². The van der Waals surface area contributed by atoms with Gasteiger partial charge in [0.2, 0.25) is 0 Å². The minimum atomic E-state index is -1.25. The van der Waals surface area contributed by atoms with Crippen molar-refractivity contribution in [3.8, 4) is 11.5 Å². The van der Waals surface area contributed by atoms with E-state index in [1.807, 2.05) is 78.9 Å². The van der Waals surface area contributed by atoms with Gasteiger partial charge in [-0.1, -0.05) is 78.9 Å². The zero-order valence-corrected chi connectivity index (χ0v) is 18.7. The van der Waals surface area contributed by atoms with E-state index in [1.54, 1.807) is 12.1 Å². The Balaban J connectivity index is 1.74. The molecule has 0 saturated heterocycles. The maximum absolute atomic E-state index is 12.3. The third-order valence-corrected chi connectivity index (χ3v) is 5.30. The summed E-state index contributed by atoms with van der Waals surface area (Å²) in [4.78, 5) is 28.0. The maximum atomic E-state index is 12.3. The van der Waals surface area contributed by atoms with Crippen LogP contribution < -0.4 is 4.74 Å². The molecule has 4 aromatic rings. The van der Waals surface area contributed by atoms with Crippen molar-refractivity contribution in [2.45, 2.75) is 12.5 Å². The lowest BCUT2D eigenvalue weighted by Crippen LogP contribution is -2.24. The SMILES string of the molecule is O=C(O)[C@H](Cc1cc(Oc2ccccc2)ccc1[N+](=O)[O-])N=C(c1ccccc1)c1ccccc1. The van der Waals surface area contributed by atoms with Gasteiger partial charge in [-0.15, -0.1) is 0 Å². The quantitative estimate of drug-likeness (QED) is 0.187. The number of nitro groups is 1. The topological polar surface area (TPSA) is 102 Å². The number of aliphatic imine (C=N–C) groups is 1. The molecular weight excluding hydrogens is 444 g/mol. The molecule has 7 nitrogen and oxygen atoms in total.